The first-order chi connectivity index (χ1) is 18.1. The molecule has 1 aromatic carbocycles. The van der Waals surface area contributed by atoms with E-state index in [0.29, 0.717) is 23.6 Å². The van der Waals surface area contributed by atoms with Gasteiger partial charge in [-0.1, -0.05) is 12.1 Å². The zero-order chi connectivity index (χ0) is 25.4. The maximum atomic E-state index is 12.8. The minimum absolute atomic E-state index is 0.176. The zero-order valence-electron chi connectivity index (χ0n) is 21.7. The number of carbonyl (C=O) groups excluding carboxylic acids is 1. The van der Waals surface area contributed by atoms with E-state index in [1.165, 1.54) is 23.1 Å². The smallest absolute Gasteiger partial charge is 0.228 e. The molecule has 2 saturated heterocycles. The highest BCUT2D eigenvalue weighted by molar-refractivity contribution is 5.78. The third-order valence-electron chi connectivity index (χ3n) is 8.52. The van der Waals surface area contributed by atoms with Gasteiger partial charge in [0.15, 0.2) is 0 Å². The van der Waals surface area contributed by atoms with Crippen LogP contribution in [0, 0.1) is 5.41 Å². The van der Waals surface area contributed by atoms with Gasteiger partial charge in [0, 0.05) is 43.5 Å². The Bertz CT molecular complexity index is 1260. The lowest BCUT2D eigenvalue weighted by Crippen LogP contribution is -2.61. The minimum atomic E-state index is 0.176. The number of aryl methyl sites for hydroxylation is 1. The van der Waals surface area contributed by atoms with E-state index in [1.807, 2.05) is 29.2 Å². The van der Waals surface area contributed by atoms with Crippen molar-refractivity contribution in [2.45, 2.75) is 38.1 Å². The molecule has 3 aromatic rings. The Hall–Kier alpha value is -3.45. The van der Waals surface area contributed by atoms with E-state index in [2.05, 4.69) is 33.1 Å². The third kappa shape index (κ3) is 4.68. The quantitative estimate of drug-likeness (QED) is 0.504. The lowest BCUT2D eigenvalue weighted by atomic mass is 9.71. The normalized spacial score (nSPS) is 20.4. The van der Waals surface area contributed by atoms with Crippen molar-refractivity contribution in [2.75, 3.05) is 40.4 Å². The van der Waals surface area contributed by atoms with Gasteiger partial charge in [-0.2, -0.15) is 0 Å². The molecule has 0 radical (unpaired) electrons. The molecule has 2 aliphatic heterocycles. The number of pyridine rings is 2. The van der Waals surface area contributed by atoms with Crippen molar-refractivity contribution >= 4 is 5.91 Å². The zero-order valence-corrected chi connectivity index (χ0v) is 21.7. The molecule has 37 heavy (non-hydrogen) atoms. The maximum Gasteiger partial charge on any atom is 0.228 e. The predicted octanol–water partition coefficient (Wildman–Crippen LogP) is 4.32. The molecule has 0 saturated carbocycles. The molecule has 2 fully saturated rings. The summed E-state index contributed by atoms with van der Waals surface area (Å²) in [7, 11) is 3.28. The highest BCUT2D eigenvalue weighted by Gasteiger charge is 2.48. The largest absolute Gasteiger partial charge is 0.495 e. The van der Waals surface area contributed by atoms with Crippen LogP contribution in [0.25, 0.3) is 11.3 Å². The van der Waals surface area contributed by atoms with Crippen LogP contribution < -0.4 is 9.47 Å². The van der Waals surface area contributed by atoms with Crippen LogP contribution in [0.2, 0.25) is 0 Å². The second-order valence-corrected chi connectivity index (χ2v) is 10.7. The van der Waals surface area contributed by atoms with E-state index >= 15 is 0 Å². The first-order valence-electron chi connectivity index (χ1n) is 13.2. The van der Waals surface area contributed by atoms with Crippen LogP contribution >= 0.6 is 0 Å². The second-order valence-electron chi connectivity index (χ2n) is 10.7. The summed E-state index contributed by atoms with van der Waals surface area (Å²) in [6, 6.07) is 15.1. The summed E-state index contributed by atoms with van der Waals surface area (Å²) in [5.41, 5.74) is 6.25. The summed E-state index contributed by atoms with van der Waals surface area (Å²) in [6.07, 6.45) is 8.30. The minimum Gasteiger partial charge on any atom is -0.495 e. The summed E-state index contributed by atoms with van der Waals surface area (Å²) < 4.78 is 10.4. The number of amides is 1. The fraction of sp³-hybridized carbons (Fsp3) is 0.433. The molecule has 7 heteroatoms. The lowest BCUT2D eigenvalue weighted by molar-refractivity contribution is -0.136. The van der Waals surface area contributed by atoms with E-state index in [9.17, 15) is 4.79 Å². The number of hydrogen-bond acceptors (Lipinski definition) is 6. The van der Waals surface area contributed by atoms with Crippen molar-refractivity contribution in [3.8, 4) is 22.8 Å². The van der Waals surface area contributed by atoms with E-state index < -0.39 is 0 Å². The second kappa shape index (κ2) is 9.78. The van der Waals surface area contributed by atoms with Crippen LogP contribution in [0.3, 0.4) is 0 Å². The SMILES string of the molecule is COc1ccc(CC(=O)N2CCC3(CC2)CN(C2CCc4cc(-c5ccc(OC)cn5)ccc42)C3)nc1. The highest BCUT2D eigenvalue weighted by atomic mass is 16.5. The van der Waals surface area contributed by atoms with Crippen molar-refractivity contribution in [2.24, 2.45) is 5.41 Å². The standard InChI is InChI=1S/C30H34N4O3/c1-36-24-6-5-23(31-17-24)16-29(35)33-13-11-30(12-14-33)19-34(20-30)28-10-4-21-15-22(3-8-26(21)28)27-9-7-25(37-2)18-32-27/h3,5-9,15,17-18,28H,4,10-14,16,19-20H2,1-2H3. The van der Waals surface area contributed by atoms with Crippen molar-refractivity contribution in [1.29, 1.82) is 0 Å². The molecule has 0 bridgehead atoms. The fourth-order valence-electron chi connectivity index (χ4n) is 6.29. The lowest BCUT2D eigenvalue weighted by Gasteiger charge is -2.56. The molecule has 1 spiro atoms. The van der Waals surface area contributed by atoms with Gasteiger partial charge in [0.05, 0.1) is 38.7 Å². The number of benzene rings is 1. The number of rotatable bonds is 6. The Morgan fingerprint density at radius 3 is 2.35 bits per heavy atom. The Labute approximate surface area is 218 Å². The fourth-order valence-corrected chi connectivity index (χ4v) is 6.29. The number of hydrogen-bond donors (Lipinski definition) is 0. The number of nitrogens with zero attached hydrogens (tertiary/aromatic N) is 4. The number of carbonyl (C=O) groups is 1. The first kappa shape index (κ1) is 23.9. The molecule has 6 rings (SSSR count). The van der Waals surface area contributed by atoms with Gasteiger partial charge in [-0.15, -0.1) is 0 Å². The number of piperidine rings is 1. The maximum absolute atomic E-state index is 12.8. The van der Waals surface area contributed by atoms with Crippen LogP contribution in [-0.2, 0) is 17.6 Å². The first-order valence-corrected chi connectivity index (χ1v) is 13.2. The Morgan fingerprint density at radius 2 is 1.70 bits per heavy atom. The topological polar surface area (TPSA) is 67.8 Å². The monoisotopic (exact) mass is 498 g/mol. The molecule has 1 amide bonds. The van der Waals surface area contributed by atoms with Crippen LogP contribution in [0.1, 0.15) is 42.1 Å². The molecule has 4 heterocycles. The van der Waals surface area contributed by atoms with Gasteiger partial charge < -0.3 is 14.4 Å². The number of methoxy groups -OCH3 is 2. The number of ether oxygens (including phenoxy) is 2. The summed E-state index contributed by atoms with van der Waals surface area (Å²) in [5.74, 6) is 1.67. The Kier molecular flexibility index (Phi) is 6.32. The Morgan fingerprint density at radius 1 is 0.973 bits per heavy atom. The molecule has 192 valence electrons. The molecule has 1 unspecified atom stereocenters. The Balaban J connectivity index is 1.03. The summed E-state index contributed by atoms with van der Waals surface area (Å²) in [6.45, 7) is 3.98. The molecule has 7 nitrogen and oxygen atoms in total. The van der Waals surface area contributed by atoms with E-state index in [1.54, 1.807) is 26.6 Å². The van der Waals surface area contributed by atoms with E-state index in [-0.39, 0.29) is 5.91 Å². The molecule has 3 aliphatic rings. The molecular formula is C30H34N4O3. The van der Waals surface area contributed by atoms with Gasteiger partial charge in [0.25, 0.3) is 0 Å². The van der Waals surface area contributed by atoms with Crippen LogP contribution in [0.5, 0.6) is 11.5 Å². The van der Waals surface area contributed by atoms with Gasteiger partial charge in [-0.05, 0) is 72.6 Å². The predicted molar refractivity (Wildman–Crippen MR) is 142 cm³/mol. The molecule has 1 atom stereocenters. The number of aromatic nitrogens is 2. The van der Waals surface area contributed by atoms with Crippen molar-refractivity contribution in [1.82, 2.24) is 19.8 Å². The highest BCUT2D eigenvalue weighted by Crippen LogP contribution is 2.48. The van der Waals surface area contributed by atoms with Crippen molar-refractivity contribution in [3.63, 3.8) is 0 Å². The number of fused-ring (bicyclic) bond motifs is 1. The average Bonchev–Trinajstić information content (AvgIpc) is 3.35. The third-order valence-corrected chi connectivity index (χ3v) is 8.52. The summed E-state index contributed by atoms with van der Waals surface area (Å²) in [4.78, 5) is 26.5. The number of likely N-dealkylation sites (tertiary alicyclic amines) is 2. The van der Waals surface area contributed by atoms with Gasteiger partial charge in [-0.3, -0.25) is 19.7 Å². The van der Waals surface area contributed by atoms with Gasteiger partial charge >= 0.3 is 0 Å². The van der Waals surface area contributed by atoms with Crippen molar-refractivity contribution in [3.05, 3.63) is 71.7 Å². The van der Waals surface area contributed by atoms with Gasteiger partial charge in [-0.25, -0.2) is 0 Å². The van der Waals surface area contributed by atoms with E-state index in [0.717, 1.165) is 62.6 Å². The van der Waals surface area contributed by atoms with Gasteiger partial charge in [0.2, 0.25) is 5.91 Å². The van der Waals surface area contributed by atoms with E-state index in [4.69, 9.17) is 9.47 Å². The molecule has 0 N–H and O–H groups in total. The van der Waals surface area contributed by atoms with Gasteiger partial charge in [0.1, 0.15) is 11.5 Å². The van der Waals surface area contributed by atoms with Crippen LogP contribution in [-0.4, -0.2) is 66.1 Å². The van der Waals surface area contributed by atoms with Crippen molar-refractivity contribution < 1.29 is 14.3 Å². The van der Waals surface area contributed by atoms with Crippen LogP contribution in [0.4, 0.5) is 0 Å². The van der Waals surface area contributed by atoms with Crippen LogP contribution in [0.15, 0.2) is 54.9 Å². The molecule has 1 aliphatic carbocycles. The average molecular weight is 499 g/mol. The summed E-state index contributed by atoms with van der Waals surface area (Å²) in [5, 5.41) is 0. The molecule has 2 aromatic heterocycles. The molecular weight excluding hydrogens is 464 g/mol. The summed E-state index contributed by atoms with van der Waals surface area (Å²) >= 11 is 0.